The molecule has 4 nitrogen and oxygen atoms in total. The summed E-state index contributed by atoms with van der Waals surface area (Å²) in [7, 11) is -1.22. The minimum Gasteiger partial charge on any atom is -0.485 e. The van der Waals surface area contributed by atoms with E-state index in [0.717, 1.165) is 6.92 Å². The molecule has 0 saturated heterocycles. The molecule has 126 valence electrons. The topological polar surface area (TPSA) is 51.2 Å². The van der Waals surface area contributed by atoms with E-state index in [1.54, 1.807) is 13.0 Å². The van der Waals surface area contributed by atoms with Crippen molar-refractivity contribution in [1.29, 1.82) is 0 Å². The van der Waals surface area contributed by atoms with E-state index < -0.39 is 23.5 Å². The molecule has 1 rings (SSSR count). The third kappa shape index (κ3) is 5.96. The van der Waals surface area contributed by atoms with Crippen molar-refractivity contribution in [2.45, 2.75) is 58.3 Å². The van der Waals surface area contributed by atoms with E-state index in [4.69, 9.17) is 4.74 Å². The zero-order valence-electron chi connectivity index (χ0n) is 13.9. The average molecular weight is 334 g/mol. The van der Waals surface area contributed by atoms with E-state index in [1.807, 2.05) is 27.7 Å². The lowest BCUT2D eigenvalue weighted by molar-refractivity contribution is -0.0232. The number of aromatic nitrogens is 1. The first-order valence-corrected chi connectivity index (χ1v) is 8.20. The van der Waals surface area contributed by atoms with Gasteiger partial charge in [-0.3, -0.25) is 4.98 Å². The highest BCUT2D eigenvalue weighted by molar-refractivity contribution is 7.84. The summed E-state index contributed by atoms with van der Waals surface area (Å²) in [6.07, 6.45) is 1.43. The van der Waals surface area contributed by atoms with Gasteiger partial charge in [0.15, 0.2) is 6.61 Å². The van der Waals surface area contributed by atoms with Crippen molar-refractivity contribution < 1.29 is 17.7 Å². The highest BCUT2D eigenvalue weighted by Gasteiger charge is 2.24. The molecule has 22 heavy (non-hydrogen) atoms. The summed E-state index contributed by atoms with van der Waals surface area (Å²) in [5.41, 5.74) is 1.40. The second-order valence-electron chi connectivity index (χ2n) is 6.45. The van der Waals surface area contributed by atoms with Crippen molar-refractivity contribution >= 4 is 11.0 Å². The van der Waals surface area contributed by atoms with Crippen LogP contribution in [0.2, 0.25) is 0 Å². The van der Waals surface area contributed by atoms with E-state index in [0.29, 0.717) is 17.0 Å². The smallest absolute Gasteiger partial charge is 0.278 e. The molecule has 7 heteroatoms. The molecule has 0 aliphatic heterocycles. The van der Waals surface area contributed by atoms with Crippen LogP contribution in [0.15, 0.2) is 12.3 Å². The minimum atomic E-state index is -2.89. The van der Waals surface area contributed by atoms with Crippen molar-refractivity contribution in [3.8, 4) is 5.75 Å². The van der Waals surface area contributed by atoms with Gasteiger partial charge in [-0.25, -0.2) is 17.7 Å². The van der Waals surface area contributed by atoms with Crippen LogP contribution in [0.5, 0.6) is 5.75 Å². The van der Waals surface area contributed by atoms with E-state index >= 15 is 0 Å². The number of hydrogen-bond donors (Lipinski definition) is 1. The van der Waals surface area contributed by atoms with Gasteiger partial charge in [0, 0.05) is 6.92 Å². The minimum absolute atomic E-state index is 0.222. The zero-order valence-corrected chi connectivity index (χ0v) is 14.7. The number of halogens is 2. The van der Waals surface area contributed by atoms with Gasteiger partial charge in [0.2, 0.25) is 0 Å². The van der Waals surface area contributed by atoms with Crippen molar-refractivity contribution in [3.63, 3.8) is 0 Å². The Morgan fingerprint density at radius 1 is 1.36 bits per heavy atom. The van der Waals surface area contributed by atoms with Crippen LogP contribution in [0, 0.1) is 6.92 Å². The highest BCUT2D eigenvalue weighted by Crippen LogP contribution is 2.23. The van der Waals surface area contributed by atoms with Gasteiger partial charge in [0.05, 0.1) is 33.7 Å². The van der Waals surface area contributed by atoms with Gasteiger partial charge >= 0.3 is 0 Å². The normalized spacial score (nSPS) is 15.5. The molecule has 1 aromatic rings. The Labute approximate surface area is 133 Å². The predicted octanol–water partition coefficient (Wildman–Crippen LogP) is 3.54. The van der Waals surface area contributed by atoms with Crippen LogP contribution in [0.4, 0.5) is 8.78 Å². The molecule has 1 aromatic heterocycles. The second kappa shape index (κ2) is 7.00. The number of alkyl halides is 2. The standard InChI is InChI=1S/C15H24F2N2O2S/c1-10-7-12(11(2)19-22(20)14(3,4)5)18-8-13(10)21-9-15(6,16)17/h7-8,11,19H,9H2,1-6H3. The number of aryl methyl sites for hydroxylation is 1. The van der Waals surface area contributed by atoms with E-state index in [2.05, 4.69) is 9.71 Å². The Kier molecular flexibility index (Phi) is 6.03. The van der Waals surface area contributed by atoms with Gasteiger partial charge in [0.25, 0.3) is 5.92 Å². The first-order chi connectivity index (χ1) is 9.90. The Balaban J connectivity index is 2.78. The maximum Gasteiger partial charge on any atom is 0.278 e. The molecule has 0 saturated carbocycles. The number of nitrogens with one attached hydrogen (secondary N) is 1. The fourth-order valence-electron chi connectivity index (χ4n) is 1.56. The van der Waals surface area contributed by atoms with E-state index in [1.165, 1.54) is 6.20 Å². The molecule has 0 amide bonds. The Morgan fingerprint density at radius 3 is 2.41 bits per heavy atom. The van der Waals surface area contributed by atoms with Crippen molar-refractivity contribution in [1.82, 2.24) is 9.71 Å². The molecular weight excluding hydrogens is 310 g/mol. The fourth-order valence-corrected chi connectivity index (χ4v) is 2.35. The van der Waals surface area contributed by atoms with Crippen LogP contribution in [-0.4, -0.2) is 26.5 Å². The number of nitrogens with zero attached hydrogens (tertiary/aromatic N) is 1. The first-order valence-electron chi connectivity index (χ1n) is 7.05. The monoisotopic (exact) mass is 334 g/mol. The van der Waals surface area contributed by atoms with E-state index in [9.17, 15) is 13.0 Å². The molecule has 1 N–H and O–H groups in total. The molecule has 2 atom stereocenters. The lowest BCUT2D eigenvalue weighted by atomic mass is 10.1. The van der Waals surface area contributed by atoms with Gasteiger partial charge in [-0.1, -0.05) is 0 Å². The van der Waals surface area contributed by atoms with Gasteiger partial charge in [-0.15, -0.1) is 0 Å². The van der Waals surface area contributed by atoms with Crippen LogP contribution < -0.4 is 9.46 Å². The third-order valence-electron chi connectivity index (χ3n) is 2.85. The number of hydrogen-bond acceptors (Lipinski definition) is 3. The lowest BCUT2D eigenvalue weighted by Gasteiger charge is -2.22. The fraction of sp³-hybridized carbons (Fsp3) is 0.667. The molecule has 0 spiro atoms. The quantitative estimate of drug-likeness (QED) is 0.866. The first kappa shape index (κ1) is 19.0. The maximum absolute atomic E-state index is 12.8. The van der Waals surface area contributed by atoms with Gasteiger partial charge in [0.1, 0.15) is 5.75 Å². The number of pyridine rings is 1. The zero-order chi connectivity index (χ0) is 17.1. The summed E-state index contributed by atoms with van der Waals surface area (Å²) in [6, 6.07) is 1.53. The van der Waals surface area contributed by atoms with Crippen molar-refractivity contribution in [2.75, 3.05) is 6.61 Å². The molecule has 0 radical (unpaired) electrons. The van der Waals surface area contributed by atoms with Gasteiger partial charge in [-0.2, -0.15) is 0 Å². The largest absolute Gasteiger partial charge is 0.485 e. The maximum atomic E-state index is 12.8. The summed E-state index contributed by atoms with van der Waals surface area (Å²) in [5.74, 6) is -2.56. The van der Waals surface area contributed by atoms with Gasteiger partial charge in [-0.05, 0) is 46.2 Å². The summed E-state index contributed by atoms with van der Waals surface area (Å²) in [5, 5.41) is 0. The molecule has 0 bridgehead atoms. The molecule has 0 aliphatic rings. The SMILES string of the molecule is Cc1cc(C(C)NS(=O)C(C)(C)C)ncc1OCC(C)(F)F. The molecule has 2 unspecified atom stereocenters. The van der Waals surface area contributed by atoms with Crippen molar-refractivity contribution in [3.05, 3.63) is 23.5 Å². The number of ether oxygens (including phenoxy) is 1. The van der Waals surface area contributed by atoms with Crippen LogP contribution in [-0.2, 0) is 11.0 Å². The molecule has 1 heterocycles. The van der Waals surface area contributed by atoms with Crippen LogP contribution in [0.1, 0.15) is 51.9 Å². The third-order valence-corrected chi connectivity index (χ3v) is 4.53. The highest BCUT2D eigenvalue weighted by atomic mass is 32.2. The van der Waals surface area contributed by atoms with Crippen LogP contribution >= 0.6 is 0 Å². The molecule has 0 aliphatic carbocycles. The Morgan fingerprint density at radius 2 is 1.95 bits per heavy atom. The summed E-state index contributed by atoms with van der Waals surface area (Å²) in [4.78, 5) is 4.21. The predicted molar refractivity (Wildman–Crippen MR) is 84.5 cm³/mol. The summed E-state index contributed by atoms with van der Waals surface area (Å²) in [6.45, 7) is 9.37. The molecular formula is C15H24F2N2O2S. The molecule has 0 fully saturated rings. The average Bonchev–Trinajstić information content (AvgIpc) is 2.34. The van der Waals surface area contributed by atoms with Gasteiger partial charge < -0.3 is 4.74 Å². The Bertz CT molecular complexity index is 539. The number of rotatable bonds is 6. The summed E-state index contributed by atoms with van der Waals surface area (Å²) < 4.78 is 45.4. The Hall–Kier alpha value is -1.08. The van der Waals surface area contributed by atoms with E-state index in [-0.39, 0.29) is 10.8 Å². The molecule has 0 aromatic carbocycles. The lowest BCUT2D eigenvalue weighted by Crippen LogP contribution is -2.35. The van der Waals surface area contributed by atoms with Crippen LogP contribution in [0.3, 0.4) is 0 Å². The van der Waals surface area contributed by atoms with Crippen LogP contribution in [0.25, 0.3) is 0 Å². The second-order valence-corrected chi connectivity index (χ2v) is 8.45. The van der Waals surface area contributed by atoms with Crippen molar-refractivity contribution in [2.24, 2.45) is 0 Å². The summed E-state index contributed by atoms with van der Waals surface area (Å²) >= 11 is 0.